The zero-order valence-electron chi connectivity index (χ0n) is 42.0. The largest absolute Gasteiger partial charge is 2.00 e. The van der Waals surface area contributed by atoms with Crippen LogP contribution < -0.4 is 81.1 Å². The fourth-order valence-electron chi connectivity index (χ4n) is 8.98. The second-order valence-corrected chi connectivity index (χ2v) is 17.1. The number of aromatic nitrogens is 4. The second-order valence-electron chi connectivity index (χ2n) is 17.1. The van der Waals surface area contributed by atoms with Crippen molar-refractivity contribution in [2.45, 2.75) is 0 Å². The van der Waals surface area contributed by atoms with Crippen molar-refractivity contribution in [1.82, 2.24) is 24.4 Å². The number of halogens is 1. The Morgan fingerprint density at radius 1 is 0.347 bits per heavy atom. The minimum Gasteiger partial charge on any atom is -1.00 e. The fraction of sp³-hybridized carbons (Fsp3) is 0.214. The van der Waals surface area contributed by atoms with Crippen molar-refractivity contribution in [3.05, 3.63) is 108 Å². The molecule has 3 aromatic heterocycles. The fourth-order valence-corrected chi connectivity index (χ4v) is 8.98. The number of nitrogens with zero attached hydrogens (tertiary/aromatic N) is 5. The topological polar surface area (TPSA) is 137 Å². The number of hydrogen-bond donors (Lipinski definition) is 0. The van der Waals surface area contributed by atoms with E-state index >= 15 is 0 Å². The molecule has 2 aliphatic heterocycles. The van der Waals surface area contributed by atoms with Crippen molar-refractivity contribution in [2.24, 2.45) is 0 Å². The maximum Gasteiger partial charge on any atom is 2.00 e. The van der Waals surface area contributed by atoms with Gasteiger partial charge in [0.2, 0.25) is 0 Å². The van der Waals surface area contributed by atoms with Crippen LogP contribution in [0.15, 0.2) is 84.9 Å². The van der Waals surface area contributed by atoms with Gasteiger partial charge >= 0.3 is 20.4 Å². The maximum absolute atomic E-state index is 6.11. The van der Waals surface area contributed by atoms with Crippen LogP contribution in [-0.4, -0.2) is 95.1 Å². The number of quaternary nitrogens is 1. The second kappa shape index (κ2) is 21.8. The summed E-state index contributed by atoms with van der Waals surface area (Å²) in [5, 5.41) is 0. The molecule has 8 bridgehead atoms. The molecule has 0 spiro atoms. The molecule has 0 atom stereocenters. The van der Waals surface area contributed by atoms with Crippen LogP contribution in [0.1, 0.15) is 22.8 Å². The SMILES string of the molecule is COc1cc(OC)c(-c2c3nc(c(-c4c(OC)cc(OC)cc4OC)c4ccc([n-]4)c(-c4c(OC)cc(OC)cc4OC)c4nc(c(-c5ccc([N+](C)(C)C)cc5)c5ccc2[n-]5)C=C4)C=C3)c(OC)c1.[I-].[Pd+2]. The van der Waals surface area contributed by atoms with Crippen molar-refractivity contribution in [1.29, 1.82) is 0 Å². The number of benzene rings is 4. The zero-order valence-corrected chi connectivity index (χ0v) is 45.7. The molecule has 0 radical (unpaired) electrons. The molecule has 14 nitrogen and oxygen atoms in total. The number of rotatable bonds is 14. The summed E-state index contributed by atoms with van der Waals surface area (Å²) in [4.78, 5) is 21.9. The molecule has 0 saturated heterocycles. The van der Waals surface area contributed by atoms with Crippen LogP contribution in [0.4, 0.5) is 5.69 Å². The average Bonchev–Trinajstić information content (AvgIpc) is 4.24. The smallest absolute Gasteiger partial charge is 1.00 e. The van der Waals surface area contributed by atoms with E-state index in [-0.39, 0.29) is 44.4 Å². The molecule has 9 rings (SSSR count). The maximum atomic E-state index is 6.11. The van der Waals surface area contributed by atoms with Gasteiger partial charge in [-0.25, -0.2) is 9.97 Å². The summed E-state index contributed by atoms with van der Waals surface area (Å²) in [6.07, 6.45) is 7.90. The van der Waals surface area contributed by atoms with E-state index in [1.54, 1.807) is 64.0 Å². The van der Waals surface area contributed by atoms with Crippen molar-refractivity contribution in [3.8, 4) is 96.3 Å². The Hall–Kier alpha value is -6.97. The summed E-state index contributed by atoms with van der Waals surface area (Å²) in [6, 6.07) is 27.3. The van der Waals surface area contributed by atoms with Crippen LogP contribution in [-0.2, 0) is 20.4 Å². The van der Waals surface area contributed by atoms with Gasteiger partial charge in [0.25, 0.3) is 0 Å². The predicted octanol–water partition coefficient (Wildman–Crippen LogP) is 7.86. The molecule has 16 heteroatoms. The van der Waals surface area contributed by atoms with Gasteiger partial charge in [-0.05, 0) is 59.7 Å². The molecule has 0 N–H and O–H groups in total. The Kier molecular flexibility index (Phi) is 16.0. The van der Waals surface area contributed by atoms with E-state index in [4.69, 9.17) is 62.6 Å². The molecule has 4 aromatic carbocycles. The van der Waals surface area contributed by atoms with E-state index in [0.717, 1.165) is 16.8 Å². The van der Waals surface area contributed by atoms with Crippen LogP contribution in [0.5, 0.6) is 51.7 Å². The summed E-state index contributed by atoms with van der Waals surface area (Å²) in [5.74, 6) is 4.58. The summed E-state index contributed by atoms with van der Waals surface area (Å²) in [6.45, 7) is 0. The summed E-state index contributed by atoms with van der Waals surface area (Å²) in [7, 11) is 20.9. The van der Waals surface area contributed by atoms with E-state index in [2.05, 4.69) is 45.4 Å². The third kappa shape index (κ3) is 9.59. The van der Waals surface area contributed by atoms with E-state index in [1.165, 1.54) is 0 Å². The van der Waals surface area contributed by atoms with Gasteiger partial charge in [0.05, 0.1) is 125 Å². The summed E-state index contributed by atoms with van der Waals surface area (Å²) >= 11 is 0. The monoisotopic (exact) mass is 1170 g/mol. The summed E-state index contributed by atoms with van der Waals surface area (Å²) < 4.78 is 54.4. The van der Waals surface area contributed by atoms with Crippen LogP contribution in [0.3, 0.4) is 0 Å². The van der Waals surface area contributed by atoms with Crippen LogP contribution in [0.25, 0.3) is 90.9 Å². The molecule has 2 aliphatic rings. The van der Waals surface area contributed by atoms with E-state index in [0.29, 0.717) is 134 Å². The van der Waals surface area contributed by atoms with Crippen LogP contribution in [0, 0.1) is 0 Å². The molecule has 72 heavy (non-hydrogen) atoms. The first kappa shape index (κ1) is 52.8. The Bertz CT molecular complexity index is 3280. The molecular formula is C56H54IN5O9Pd. The number of hydrogen-bond acceptors (Lipinski definition) is 11. The Balaban J connectivity index is 0.00000380. The van der Waals surface area contributed by atoms with Crippen molar-refractivity contribution in [2.75, 3.05) is 85.1 Å². The van der Waals surface area contributed by atoms with Gasteiger partial charge in [-0.15, -0.1) is 22.1 Å². The zero-order chi connectivity index (χ0) is 49.4. The van der Waals surface area contributed by atoms with E-state index < -0.39 is 0 Å². The molecule has 0 amide bonds. The molecule has 0 fully saturated rings. The standard InChI is InChI=1S/C56H54N5O9.HI.Pd/c1-61(2,3)32-15-13-31(14-16-32)50-36-17-19-38(57-36)51(54-44(65-7)25-33(62-4)26-45(54)66-8)40-21-23-42(59-40)53(56-48(69-11)29-35(64-6)30-49(56)70-12)43-24-22-41(60-43)52(39-20-18-37(50)58-39)55-46(67-9)27-34(63-5)28-47(55)68-10;;/h13-30H,1-12H3;1H;/q-1;;+2/p-1. The van der Waals surface area contributed by atoms with Gasteiger partial charge < -0.3 is 76.6 Å². The minimum atomic E-state index is 0. The van der Waals surface area contributed by atoms with Gasteiger partial charge in [-0.2, -0.15) is 0 Å². The van der Waals surface area contributed by atoms with E-state index in [9.17, 15) is 0 Å². The summed E-state index contributed by atoms with van der Waals surface area (Å²) in [5.41, 5.74) is 11.4. The number of fused-ring (bicyclic) bond motifs is 8. The third-order valence-electron chi connectivity index (χ3n) is 12.4. The molecule has 0 aliphatic carbocycles. The van der Waals surface area contributed by atoms with E-state index in [1.807, 2.05) is 85.0 Å². The van der Waals surface area contributed by atoms with Gasteiger partial charge in [-0.3, -0.25) is 4.48 Å². The molecule has 374 valence electrons. The first-order valence-corrected chi connectivity index (χ1v) is 22.3. The van der Waals surface area contributed by atoms with Gasteiger partial charge in [-0.1, -0.05) is 24.3 Å². The predicted molar refractivity (Wildman–Crippen MR) is 277 cm³/mol. The molecule has 7 aromatic rings. The Morgan fingerprint density at radius 2 is 0.611 bits per heavy atom. The molecule has 0 unspecified atom stereocenters. The third-order valence-corrected chi connectivity index (χ3v) is 12.4. The first-order valence-electron chi connectivity index (χ1n) is 22.3. The Morgan fingerprint density at radius 3 is 0.861 bits per heavy atom. The minimum absolute atomic E-state index is 0. The van der Waals surface area contributed by atoms with Gasteiger partial charge in [0, 0.05) is 53.1 Å². The van der Waals surface area contributed by atoms with Crippen LogP contribution in [0.2, 0.25) is 0 Å². The van der Waals surface area contributed by atoms with Gasteiger partial charge in [0.15, 0.2) is 0 Å². The molecule has 0 saturated carbocycles. The average molecular weight is 1170 g/mol. The Labute approximate surface area is 449 Å². The van der Waals surface area contributed by atoms with Crippen molar-refractivity contribution >= 4 is 52.1 Å². The number of methoxy groups -OCH3 is 9. The van der Waals surface area contributed by atoms with Crippen molar-refractivity contribution in [3.63, 3.8) is 0 Å². The number of ether oxygens (including phenoxy) is 9. The first-order chi connectivity index (χ1) is 33.9. The molecular weight excluding hydrogens is 1120 g/mol. The van der Waals surface area contributed by atoms with Crippen molar-refractivity contribution < 1.29 is 87.0 Å². The normalized spacial score (nSPS) is 11.6. The molecule has 5 heterocycles. The quantitative estimate of drug-likeness (QED) is 0.0595. The van der Waals surface area contributed by atoms with Gasteiger partial charge in [0.1, 0.15) is 57.4 Å². The van der Waals surface area contributed by atoms with Crippen LogP contribution >= 0.6 is 0 Å².